The van der Waals surface area contributed by atoms with E-state index in [0.29, 0.717) is 17.4 Å². The zero-order chi connectivity index (χ0) is 13.0. The minimum absolute atomic E-state index is 0.0465. The van der Waals surface area contributed by atoms with Crippen molar-refractivity contribution < 1.29 is 4.79 Å². The first-order chi connectivity index (χ1) is 7.95. The van der Waals surface area contributed by atoms with E-state index in [9.17, 15) is 4.79 Å². The summed E-state index contributed by atoms with van der Waals surface area (Å²) in [6, 6.07) is 0.158. The molecule has 0 aromatic carbocycles. The molecule has 0 spiro atoms. The van der Waals surface area contributed by atoms with Crippen LogP contribution in [0.4, 0.5) is 5.13 Å². The number of nitrogens with two attached hydrogens (primary N) is 1. The number of anilines is 1. The topological polar surface area (TPSA) is 62.5 Å². The number of nitrogen functional groups attached to an aromatic ring is 1. The second kappa shape index (κ2) is 5.97. The maximum atomic E-state index is 12.2. The van der Waals surface area contributed by atoms with Crippen molar-refractivity contribution in [3.8, 4) is 0 Å². The summed E-state index contributed by atoms with van der Waals surface area (Å²) in [6.07, 6.45) is 0. The summed E-state index contributed by atoms with van der Waals surface area (Å²) in [5, 5.41) is 2.15. The fourth-order valence-corrected chi connectivity index (χ4v) is 2.35. The highest BCUT2D eigenvalue weighted by molar-refractivity contribution is 7.13. The minimum Gasteiger partial charge on any atom is -0.375 e. The van der Waals surface area contributed by atoms with Crippen LogP contribution in [-0.2, 0) is 0 Å². The van der Waals surface area contributed by atoms with Crippen molar-refractivity contribution in [3.05, 3.63) is 11.1 Å². The van der Waals surface area contributed by atoms with Crippen molar-refractivity contribution in [1.29, 1.82) is 0 Å². The molecular formula is C11H20N4OS. The van der Waals surface area contributed by atoms with Crippen LogP contribution in [0.2, 0.25) is 0 Å². The number of nitrogens with zero attached hydrogens (tertiary/aromatic N) is 3. The first-order valence-corrected chi connectivity index (χ1v) is 6.50. The zero-order valence-electron chi connectivity index (χ0n) is 10.8. The Morgan fingerprint density at radius 2 is 2.24 bits per heavy atom. The predicted octanol–water partition coefficient (Wildman–Crippen LogP) is 1.14. The molecule has 6 heteroatoms. The number of amides is 1. The van der Waals surface area contributed by atoms with Gasteiger partial charge in [-0.2, -0.15) is 0 Å². The Kier molecular flexibility index (Phi) is 4.89. The normalized spacial score (nSPS) is 12.8. The molecule has 0 saturated carbocycles. The lowest BCUT2D eigenvalue weighted by Crippen LogP contribution is -2.43. The number of carbonyl (C=O) groups is 1. The van der Waals surface area contributed by atoms with Crippen molar-refractivity contribution >= 4 is 22.4 Å². The molecular weight excluding hydrogens is 236 g/mol. The van der Waals surface area contributed by atoms with Crippen LogP contribution < -0.4 is 5.73 Å². The van der Waals surface area contributed by atoms with E-state index in [-0.39, 0.29) is 11.9 Å². The smallest absolute Gasteiger partial charge is 0.273 e. The molecule has 2 N–H and O–H groups in total. The molecule has 1 amide bonds. The summed E-state index contributed by atoms with van der Waals surface area (Å²) in [7, 11) is 3.99. The average molecular weight is 256 g/mol. The van der Waals surface area contributed by atoms with Gasteiger partial charge in [-0.1, -0.05) is 0 Å². The van der Waals surface area contributed by atoms with E-state index in [0.717, 1.165) is 6.54 Å². The molecule has 1 aromatic heterocycles. The van der Waals surface area contributed by atoms with Crippen molar-refractivity contribution in [2.24, 2.45) is 0 Å². The van der Waals surface area contributed by atoms with Gasteiger partial charge in [0.2, 0.25) is 0 Å². The molecule has 0 aliphatic heterocycles. The Morgan fingerprint density at radius 1 is 1.59 bits per heavy atom. The quantitative estimate of drug-likeness (QED) is 0.858. The van der Waals surface area contributed by atoms with Crippen molar-refractivity contribution in [3.63, 3.8) is 0 Å². The predicted molar refractivity (Wildman–Crippen MR) is 71.3 cm³/mol. The van der Waals surface area contributed by atoms with Crippen molar-refractivity contribution in [1.82, 2.24) is 14.8 Å². The van der Waals surface area contributed by atoms with Gasteiger partial charge in [0.05, 0.1) is 0 Å². The van der Waals surface area contributed by atoms with Crippen molar-refractivity contribution in [2.45, 2.75) is 19.9 Å². The summed E-state index contributed by atoms with van der Waals surface area (Å²) < 4.78 is 0. The van der Waals surface area contributed by atoms with Gasteiger partial charge in [-0.05, 0) is 27.9 Å². The third-order valence-electron chi connectivity index (χ3n) is 2.50. The fourth-order valence-electron chi connectivity index (χ4n) is 1.82. The highest BCUT2D eigenvalue weighted by Gasteiger charge is 2.22. The molecule has 1 unspecified atom stereocenters. The first kappa shape index (κ1) is 13.9. The van der Waals surface area contributed by atoms with Gasteiger partial charge in [0.25, 0.3) is 5.91 Å². The van der Waals surface area contributed by atoms with Crippen LogP contribution >= 0.6 is 11.3 Å². The first-order valence-electron chi connectivity index (χ1n) is 5.62. The fraction of sp³-hybridized carbons (Fsp3) is 0.636. The Labute approximate surface area is 106 Å². The third kappa shape index (κ3) is 3.67. The lowest BCUT2D eigenvalue weighted by molar-refractivity contribution is 0.0674. The molecule has 17 heavy (non-hydrogen) atoms. The highest BCUT2D eigenvalue weighted by atomic mass is 32.1. The largest absolute Gasteiger partial charge is 0.375 e. The zero-order valence-corrected chi connectivity index (χ0v) is 11.6. The lowest BCUT2D eigenvalue weighted by atomic mass is 10.2. The summed E-state index contributed by atoms with van der Waals surface area (Å²) in [4.78, 5) is 20.1. The number of rotatable bonds is 5. The average Bonchev–Trinajstić information content (AvgIpc) is 2.64. The molecule has 1 rings (SSSR count). The number of hydrogen-bond acceptors (Lipinski definition) is 5. The summed E-state index contributed by atoms with van der Waals surface area (Å²) in [5.41, 5.74) is 5.99. The van der Waals surface area contributed by atoms with E-state index < -0.39 is 0 Å². The number of hydrogen-bond donors (Lipinski definition) is 1. The van der Waals surface area contributed by atoms with Gasteiger partial charge in [-0.15, -0.1) is 11.3 Å². The van der Waals surface area contributed by atoms with Crippen LogP contribution in [0, 0.1) is 0 Å². The molecule has 96 valence electrons. The van der Waals surface area contributed by atoms with E-state index in [2.05, 4.69) is 9.88 Å². The van der Waals surface area contributed by atoms with E-state index >= 15 is 0 Å². The monoisotopic (exact) mass is 256 g/mol. The Balaban J connectivity index is 2.76. The van der Waals surface area contributed by atoms with Crippen LogP contribution in [0.3, 0.4) is 0 Å². The second-order valence-electron chi connectivity index (χ2n) is 4.27. The number of carbonyl (C=O) groups excluding carboxylic acids is 1. The van der Waals surface area contributed by atoms with Crippen LogP contribution in [0.1, 0.15) is 24.3 Å². The Hall–Kier alpha value is -1.14. The minimum atomic E-state index is -0.0465. The van der Waals surface area contributed by atoms with Crippen LogP contribution in [0.25, 0.3) is 0 Å². The van der Waals surface area contributed by atoms with Crippen LogP contribution in [0.5, 0.6) is 0 Å². The molecule has 1 heterocycles. The number of likely N-dealkylation sites (N-methyl/N-ethyl adjacent to an activating group) is 2. The third-order valence-corrected chi connectivity index (χ3v) is 3.18. The van der Waals surface area contributed by atoms with Crippen LogP contribution in [0.15, 0.2) is 5.38 Å². The SMILES string of the molecule is CCN(C(=O)c1csc(N)n1)C(C)CN(C)C. The van der Waals surface area contributed by atoms with E-state index in [1.165, 1.54) is 11.3 Å². The summed E-state index contributed by atoms with van der Waals surface area (Å²) in [5.74, 6) is -0.0465. The molecule has 0 aliphatic carbocycles. The van der Waals surface area contributed by atoms with Gasteiger partial charge in [-0.3, -0.25) is 4.79 Å². The van der Waals surface area contributed by atoms with E-state index in [1.54, 1.807) is 5.38 Å². The molecule has 0 fully saturated rings. The Morgan fingerprint density at radius 3 is 2.65 bits per heavy atom. The van der Waals surface area contributed by atoms with Gasteiger partial charge in [-0.25, -0.2) is 4.98 Å². The standard InChI is InChI=1S/C11H20N4OS/c1-5-15(8(2)6-14(3)4)10(16)9-7-17-11(12)13-9/h7-8H,5-6H2,1-4H3,(H2,12,13). The lowest BCUT2D eigenvalue weighted by Gasteiger charge is -2.29. The molecule has 0 saturated heterocycles. The number of aromatic nitrogens is 1. The molecule has 1 atom stereocenters. The molecule has 0 aliphatic rings. The highest BCUT2D eigenvalue weighted by Crippen LogP contribution is 2.14. The van der Waals surface area contributed by atoms with Gasteiger partial charge < -0.3 is 15.5 Å². The number of thiazole rings is 1. The van der Waals surface area contributed by atoms with Gasteiger partial charge in [0.1, 0.15) is 5.69 Å². The maximum Gasteiger partial charge on any atom is 0.273 e. The van der Waals surface area contributed by atoms with Crippen molar-refractivity contribution in [2.75, 3.05) is 32.9 Å². The van der Waals surface area contributed by atoms with Crippen LogP contribution in [-0.4, -0.2) is 53.9 Å². The van der Waals surface area contributed by atoms with Gasteiger partial charge in [0.15, 0.2) is 5.13 Å². The molecule has 5 nitrogen and oxygen atoms in total. The van der Waals surface area contributed by atoms with E-state index in [4.69, 9.17) is 5.73 Å². The van der Waals surface area contributed by atoms with Gasteiger partial charge in [0, 0.05) is 24.5 Å². The Bertz CT molecular complexity index is 377. The maximum absolute atomic E-state index is 12.2. The molecule has 0 radical (unpaired) electrons. The summed E-state index contributed by atoms with van der Waals surface area (Å²) >= 11 is 1.29. The molecule has 1 aromatic rings. The second-order valence-corrected chi connectivity index (χ2v) is 5.16. The molecule has 0 bridgehead atoms. The van der Waals surface area contributed by atoms with E-state index in [1.807, 2.05) is 32.8 Å². The summed E-state index contributed by atoms with van der Waals surface area (Å²) in [6.45, 7) is 5.52. The van der Waals surface area contributed by atoms with Gasteiger partial charge >= 0.3 is 0 Å².